The van der Waals surface area contributed by atoms with Gasteiger partial charge in [0.05, 0.1) is 0 Å². The first-order chi connectivity index (χ1) is 10.6. The Kier molecular flexibility index (Phi) is 6.28. The SMILES string of the molecule is O=C(/C=C/c1ccc(Cl)cc1Cl)NNC(=O)C1CCCCC1. The van der Waals surface area contributed by atoms with E-state index >= 15 is 0 Å². The zero-order chi connectivity index (χ0) is 15.9. The molecule has 22 heavy (non-hydrogen) atoms. The molecule has 1 aliphatic carbocycles. The molecule has 0 heterocycles. The van der Waals surface area contributed by atoms with Crippen LogP contribution in [0.15, 0.2) is 24.3 Å². The smallest absolute Gasteiger partial charge is 0.262 e. The molecule has 0 aromatic heterocycles. The maximum atomic E-state index is 11.9. The van der Waals surface area contributed by atoms with E-state index in [1.54, 1.807) is 24.3 Å². The van der Waals surface area contributed by atoms with Crippen molar-refractivity contribution >= 4 is 41.1 Å². The van der Waals surface area contributed by atoms with Crippen LogP contribution >= 0.6 is 23.2 Å². The van der Waals surface area contributed by atoms with E-state index in [1.165, 1.54) is 12.5 Å². The molecule has 2 N–H and O–H groups in total. The predicted octanol–water partition coefficient (Wildman–Crippen LogP) is 3.73. The van der Waals surface area contributed by atoms with Gasteiger partial charge in [-0.15, -0.1) is 0 Å². The van der Waals surface area contributed by atoms with E-state index in [2.05, 4.69) is 10.9 Å². The summed E-state index contributed by atoms with van der Waals surface area (Å²) < 4.78 is 0. The van der Waals surface area contributed by atoms with Crippen molar-refractivity contribution in [1.82, 2.24) is 10.9 Å². The number of carbonyl (C=O) groups is 2. The maximum Gasteiger partial charge on any atom is 0.262 e. The van der Waals surface area contributed by atoms with Gasteiger partial charge in [-0.1, -0.05) is 48.5 Å². The van der Waals surface area contributed by atoms with E-state index in [1.807, 2.05) is 0 Å². The Labute approximate surface area is 139 Å². The maximum absolute atomic E-state index is 11.9. The van der Waals surface area contributed by atoms with Crippen molar-refractivity contribution in [3.8, 4) is 0 Å². The van der Waals surface area contributed by atoms with E-state index in [-0.39, 0.29) is 11.8 Å². The highest BCUT2D eigenvalue weighted by Gasteiger charge is 2.20. The predicted molar refractivity (Wildman–Crippen MR) is 88.4 cm³/mol. The fourth-order valence-electron chi connectivity index (χ4n) is 2.43. The Morgan fingerprint density at radius 2 is 1.82 bits per heavy atom. The number of amides is 2. The number of halogens is 2. The van der Waals surface area contributed by atoms with E-state index < -0.39 is 5.91 Å². The topological polar surface area (TPSA) is 58.2 Å². The minimum absolute atomic E-state index is 0.00346. The summed E-state index contributed by atoms with van der Waals surface area (Å²) in [6, 6.07) is 5.01. The molecule has 1 aromatic carbocycles. The lowest BCUT2D eigenvalue weighted by atomic mass is 9.89. The molecule has 1 fully saturated rings. The van der Waals surface area contributed by atoms with Crippen molar-refractivity contribution in [2.24, 2.45) is 5.92 Å². The van der Waals surface area contributed by atoms with Crippen LogP contribution in [0.25, 0.3) is 6.08 Å². The van der Waals surface area contributed by atoms with Gasteiger partial charge in [0.2, 0.25) is 5.91 Å². The third kappa shape index (κ3) is 5.04. The summed E-state index contributed by atoms with van der Waals surface area (Å²) in [7, 11) is 0. The number of nitrogens with one attached hydrogen (secondary N) is 2. The van der Waals surface area contributed by atoms with E-state index in [9.17, 15) is 9.59 Å². The van der Waals surface area contributed by atoms with Crippen molar-refractivity contribution in [2.45, 2.75) is 32.1 Å². The highest BCUT2D eigenvalue weighted by molar-refractivity contribution is 6.35. The second kappa shape index (κ2) is 8.20. The third-order valence-electron chi connectivity index (χ3n) is 3.66. The summed E-state index contributed by atoms with van der Waals surface area (Å²) in [5.74, 6) is -0.523. The van der Waals surface area contributed by atoms with E-state index in [0.29, 0.717) is 15.6 Å². The third-order valence-corrected chi connectivity index (χ3v) is 4.22. The van der Waals surface area contributed by atoms with Crippen LogP contribution in [0.4, 0.5) is 0 Å². The Morgan fingerprint density at radius 1 is 1.09 bits per heavy atom. The molecule has 2 amide bonds. The number of benzene rings is 1. The van der Waals surface area contributed by atoms with Crippen LogP contribution in [0.3, 0.4) is 0 Å². The molecule has 118 valence electrons. The average Bonchev–Trinajstić information content (AvgIpc) is 2.52. The van der Waals surface area contributed by atoms with Gasteiger partial charge in [-0.3, -0.25) is 20.4 Å². The Hall–Kier alpha value is -1.52. The average molecular weight is 341 g/mol. The van der Waals surface area contributed by atoms with Gasteiger partial charge >= 0.3 is 0 Å². The molecule has 0 atom stereocenters. The Morgan fingerprint density at radius 3 is 2.50 bits per heavy atom. The summed E-state index contributed by atoms with van der Waals surface area (Å²) in [4.78, 5) is 23.6. The second-order valence-corrected chi connectivity index (χ2v) is 6.16. The molecule has 1 aliphatic rings. The van der Waals surface area contributed by atoms with Crippen molar-refractivity contribution in [3.63, 3.8) is 0 Å². The fourth-order valence-corrected chi connectivity index (χ4v) is 2.91. The van der Waals surface area contributed by atoms with Gasteiger partial charge in [0.1, 0.15) is 0 Å². The normalized spacial score (nSPS) is 15.7. The Balaban J connectivity index is 1.82. The van der Waals surface area contributed by atoms with Gasteiger partial charge in [0, 0.05) is 22.0 Å². The highest BCUT2D eigenvalue weighted by Crippen LogP contribution is 2.23. The second-order valence-electron chi connectivity index (χ2n) is 5.31. The molecular formula is C16H18Cl2N2O2. The van der Waals surface area contributed by atoms with Crippen LogP contribution in [-0.2, 0) is 9.59 Å². The standard InChI is InChI=1S/C16H18Cl2N2O2/c17-13-8-6-11(14(18)10-13)7-9-15(21)19-20-16(22)12-4-2-1-3-5-12/h6-10,12H,1-5H2,(H,19,21)(H,20,22)/b9-7+. The van der Waals surface area contributed by atoms with Gasteiger partial charge in [-0.2, -0.15) is 0 Å². The van der Waals surface area contributed by atoms with Gasteiger partial charge in [0.25, 0.3) is 5.91 Å². The van der Waals surface area contributed by atoms with E-state index in [4.69, 9.17) is 23.2 Å². The lowest BCUT2D eigenvalue weighted by Crippen LogP contribution is -2.44. The molecule has 0 saturated heterocycles. The van der Waals surface area contributed by atoms with Crippen LogP contribution in [0.2, 0.25) is 10.0 Å². The highest BCUT2D eigenvalue weighted by atomic mass is 35.5. The van der Waals surface area contributed by atoms with Crippen molar-refractivity contribution < 1.29 is 9.59 Å². The van der Waals surface area contributed by atoms with Gasteiger partial charge < -0.3 is 0 Å². The number of rotatable bonds is 3. The monoisotopic (exact) mass is 340 g/mol. The zero-order valence-corrected chi connectivity index (χ0v) is 13.6. The number of hydrogen-bond donors (Lipinski definition) is 2. The van der Waals surface area contributed by atoms with Gasteiger partial charge in [-0.05, 0) is 36.6 Å². The molecule has 2 rings (SSSR count). The zero-order valence-electron chi connectivity index (χ0n) is 12.1. The molecule has 1 aromatic rings. The molecule has 0 radical (unpaired) electrons. The molecule has 0 spiro atoms. The first-order valence-electron chi connectivity index (χ1n) is 7.29. The first kappa shape index (κ1) is 16.8. The molecular weight excluding hydrogens is 323 g/mol. The lowest BCUT2D eigenvalue weighted by Gasteiger charge is -2.20. The van der Waals surface area contributed by atoms with Crippen molar-refractivity contribution in [2.75, 3.05) is 0 Å². The van der Waals surface area contributed by atoms with Crippen LogP contribution in [0, 0.1) is 5.92 Å². The number of carbonyl (C=O) groups excluding carboxylic acids is 2. The van der Waals surface area contributed by atoms with Crippen LogP contribution in [0.5, 0.6) is 0 Å². The van der Waals surface area contributed by atoms with Crippen LogP contribution in [-0.4, -0.2) is 11.8 Å². The molecule has 1 saturated carbocycles. The summed E-state index contributed by atoms with van der Waals surface area (Å²) in [5, 5.41) is 0.995. The first-order valence-corrected chi connectivity index (χ1v) is 8.05. The molecule has 0 bridgehead atoms. The van der Waals surface area contributed by atoms with Crippen molar-refractivity contribution in [3.05, 3.63) is 39.9 Å². The minimum Gasteiger partial charge on any atom is -0.273 e. The quantitative estimate of drug-likeness (QED) is 0.650. The van der Waals surface area contributed by atoms with Crippen LogP contribution < -0.4 is 10.9 Å². The number of hydrazine groups is 1. The molecule has 0 unspecified atom stereocenters. The fraction of sp³-hybridized carbons (Fsp3) is 0.375. The van der Waals surface area contributed by atoms with Crippen molar-refractivity contribution in [1.29, 1.82) is 0 Å². The minimum atomic E-state index is -0.407. The molecule has 6 heteroatoms. The number of hydrogen-bond acceptors (Lipinski definition) is 2. The summed E-state index contributed by atoms with van der Waals surface area (Å²) in [6.45, 7) is 0. The largest absolute Gasteiger partial charge is 0.273 e. The van der Waals surface area contributed by atoms with Crippen LogP contribution in [0.1, 0.15) is 37.7 Å². The van der Waals surface area contributed by atoms with Gasteiger partial charge in [0.15, 0.2) is 0 Å². The summed E-state index contributed by atoms with van der Waals surface area (Å²) >= 11 is 11.8. The summed E-state index contributed by atoms with van der Waals surface area (Å²) in [5.41, 5.74) is 5.54. The van der Waals surface area contributed by atoms with E-state index in [0.717, 1.165) is 25.7 Å². The lowest BCUT2D eigenvalue weighted by molar-refractivity contribution is -0.130. The Bertz CT molecular complexity index is 582. The van der Waals surface area contributed by atoms with Gasteiger partial charge in [-0.25, -0.2) is 0 Å². The molecule has 4 nitrogen and oxygen atoms in total. The molecule has 0 aliphatic heterocycles. The summed E-state index contributed by atoms with van der Waals surface area (Å²) in [6.07, 6.45) is 7.98.